The van der Waals surface area contributed by atoms with Crippen LogP contribution in [0, 0.1) is 0 Å². The summed E-state index contributed by atoms with van der Waals surface area (Å²) in [6.07, 6.45) is 0.698. The van der Waals surface area contributed by atoms with Gasteiger partial charge >= 0.3 is 5.97 Å². The molecule has 0 saturated carbocycles. The monoisotopic (exact) mass is 354 g/mol. The van der Waals surface area contributed by atoms with Gasteiger partial charge in [-0.05, 0) is 31.0 Å². The van der Waals surface area contributed by atoms with E-state index >= 15 is 0 Å². The van der Waals surface area contributed by atoms with E-state index in [4.69, 9.17) is 4.74 Å². The largest absolute Gasteiger partial charge is 0.454 e. The van der Waals surface area contributed by atoms with E-state index in [0.29, 0.717) is 18.5 Å². The summed E-state index contributed by atoms with van der Waals surface area (Å²) in [6.45, 7) is 1.59. The van der Waals surface area contributed by atoms with E-state index in [-0.39, 0.29) is 18.4 Å². The fourth-order valence-electron chi connectivity index (χ4n) is 2.23. The second-order valence-electron chi connectivity index (χ2n) is 5.75. The third-order valence-electron chi connectivity index (χ3n) is 3.66. The number of nitrogens with one attached hydrogen (secondary N) is 2. The minimum absolute atomic E-state index is 0.373. The zero-order valence-corrected chi connectivity index (χ0v) is 14.6. The summed E-state index contributed by atoms with van der Waals surface area (Å²) < 4.78 is 4.94. The molecule has 0 aliphatic rings. The lowest BCUT2D eigenvalue weighted by Gasteiger charge is -2.13. The Bertz CT molecular complexity index is 732. The number of benzene rings is 2. The molecule has 2 rings (SSSR count). The molecule has 0 fully saturated rings. The fraction of sp³-hybridized carbons (Fsp3) is 0.250. The molecule has 0 heterocycles. The van der Waals surface area contributed by atoms with Gasteiger partial charge < -0.3 is 15.4 Å². The van der Waals surface area contributed by atoms with E-state index < -0.39 is 12.0 Å². The molecule has 0 bridgehead atoms. The van der Waals surface area contributed by atoms with Crippen LogP contribution in [0.3, 0.4) is 0 Å². The number of carbonyl (C=O) groups excluding carboxylic acids is 3. The van der Waals surface area contributed by atoms with Crippen LogP contribution in [-0.2, 0) is 20.7 Å². The van der Waals surface area contributed by atoms with Crippen molar-refractivity contribution >= 4 is 17.8 Å². The summed E-state index contributed by atoms with van der Waals surface area (Å²) in [5.41, 5.74) is 1.56. The van der Waals surface area contributed by atoms with Gasteiger partial charge in [0.2, 0.25) is 0 Å². The summed E-state index contributed by atoms with van der Waals surface area (Å²) in [4.78, 5) is 35.6. The Morgan fingerprint density at radius 2 is 1.58 bits per heavy atom. The van der Waals surface area contributed by atoms with Crippen molar-refractivity contribution in [3.63, 3.8) is 0 Å². The van der Waals surface area contributed by atoms with Crippen molar-refractivity contribution in [3.8, 4) is 0 Å². The highest BCUT2D eigenvalue weighted by Gasteiger charge is 2.18. The smallest absolute Gasteiger partial charge is 0.328 e. The average molecular weight is 354 g/mol. The van der Waals surface area contributed by atoms with Crippen LogP contribution in [-0.4, -0.2) is 37.0 Å². The number of amides is 2. The maximum atomic E-state index is 12.0. The maximum absolute atomic E-state index is 12.0. The quantitative estimate of drug-likeness (QED) is 0.707. The zero-order chi connectivity index (χ0) is 18.8. The van der Waals surface area contributed by atoms with Gasteiger partial charge in [-0.25, -0.2) is 4.79 Å². The number of hydrogen-bond donors (Lipinski definition) is 2. The van der Waals surface area contributed by atoms with E-state index in [1.54, 1.807) is 30.3 Å². The zero-order valence-electron chi connectivity index (χ0n) is 14.6. The first kappa shape index (κ1) is 19.2. The summed E-state index contributed by atoms with van der Waals surface area (Å²) >= 11 is 0. The Hall–Kier alpha value is -3.15. The van der Waals surface area contributed by atoms with Crippen LogP contribution in [0.5, 0.6) is 0 Å². The Balaban J connectivity index is 1.66. The number of rotatable bonds is 8. The first-order valence-corrected chi connectivity index (χ1v) is 8.39. The Labute approximate surface area is 152 Å². The predicted molar refractivity (Wildman–Crippen MR) is 97.5 cm³/mol. The van der Waals surface area contributed by atoms with Crippen LogP contribution in [0.1, 0.15) is 22.8 Å². The third-order valence-corrected chi connectivity index (χ3v) is 3.66. The van der Waals surface area contributed by atoms with Crippen LogP contribution >= 0.6 is 0 Å². The van der Waals surface area contributed by atoms with E-state index in [0.717, 1.165) is 5.56 Å². The summed E-state index contributed by atoms with van der Waals surface area (Å²) in [5, 5.41) is 5.23. The molecule has 0 aliphatic heterocycles. The summed E-state index contributed by atoms with van der Waals surface area (Å²) in [6, 6.07) is 17.5. The molecule has 2 amide bonds. The maximum Gasteiger partial charge on any atom is 0.328 e. The van der Waals surface area contributed by atoms with E-state index in [1.165, 1.54) is 6.92 Å². The Morgan fingerprint density at radius 1 is 0.962 bits per heavy atom. The first-order valence-electron chi connectivity index (χ1n) is 8.39. The molecule has 0 unspecified atom stereocenters. The van der Waals surface area contributed by atoms with Crippen molar-refractivity contribution in [3.05, 3.63) is 71.8 Å². The summed E-state index contributed by atoms with van der Waals surface area (Å²) in [7, 11) is 0. The lowest BCUT2D eigenvalue weighted by Crippen LogP contribution is -2.41. The molecule has 6 nitrogen and oxygen atoms in total. The van der Waals surface area contributed by atoms with Gasteiger partial charge in [-0.15, -0.1) is 0 Å². The lowest BCUT2D eigenvalue weighted by atomic mass is 10.1. The fourth-order valence-corrected chi connectivity index (χ4v) is 2.23. The average Bonchev–Trinajstić information content (AvgIpc) is 2.67. The van der Waals surface area contributed by atoms with Gasteiger partial charge in [0, 0.05) is 12.1 Å². The van der Waals surface area contributed by atoms with Crippen LogP contribution in [0.2, 0.25) is 0 Å². The molecule has 0 spiro atoms. The number of carbonyl (C=O) groups is 3. The number of ether oxygens (including phenoxy) is 1. The van der Waals surface area contributed by atoms with Gasteiger partial charge in [0.05, 0.1) is 0 Å². The van der Waals surface area contributed by atoms with Crippen molar-refractivity contribution < 1.29 is 19.1 Å². The van der Waals surface area contributed by atoms with Crippen molar-refractivity contribution in [2.75, 3.05) is 13.2 Å². The predicted octanol–water partition coefficient (Wildman–Crippen LogP) is 1.71. The van der Waals surface area contributed by atoms with Crippen molar-refractivity contribution in [2.24, 2.45) is 0 Å². The van der Waals surface area contributed by atoms with Gasteiger partial charge in [-0.3, -0.25) is 9.59 Å². The molecule has 0 aliphatic carbocycles. The number of hydrogen-bond acceptors (Lipinski definition) is 4. The van der Waals surface area contributed by atoms with E-state index in [9.17, 15) is 14.4 Å². The van der Waals surface area contributed by atoms with Crippen LogP contribution in [0.25, 0.3) is 0 Å². The van der Waals surface area contributed by atoms with Crippen molar-refractivity contribution in [2.45, 2.75) is 19.4 Å². The van der Waals surface area contributed by atoms with Gasteiger partial charge in [-0.1, -0.05) is 48.5 Å². The van der Waals surface area contributed by atoms with Gasteiger partial charge in [0.15, 0.2) is 6.61 Å². The first-order chi connectivity index (χ1) is 12.6. The second-order valence-corrected chi connectivity index (χ2v) is 5.75. The highest BCUT2D eigenvalue weighted by Crippen LogP contribution is 2.00. The molecule has 6 heteroatoms. The molecular formula is C20H22N2O4. The highest BCUT2D eigenvalue weighted by atomic mass is 16.5. The minimum Gasteiger partial charge on any atom is -0.454 e. The van der Waals surface area contributed by atoms with Gasteiger partial charge in [-0.2, -0.15) is 0 Å². The lowest BCUT2D eigenvalue weighted by molar-refractivity contribution is -0.150. The second kappa shape index (κ2) is 9.98. The Morgan fingerprint density at radius 3 is 2.23 bits per heavy atom. The van der Waals surface area contributed by atoms with E-state index in [2.05, 4.69) is 10.6 Å². The van der Waals surface area contributed by atoms with Crippen LogP contribution < -0.4 is 10.6 Å². The summed E-state index contributed by atoms with van der Waals surface area (Å²) in [5.74, 6) is -1.41. The van der Waals surface area contributed by atoms with Crippen LogP contribution in [0.15, 0.2) is 60.7 Å². The van der Waals surface area contributed by atoms with Crippen molar-refractivity contribution in [1.29, 1.82) is 0 Å². The third kappa shape index (κ3) is 6.39. The molecule has 1 atom stereocenters. The molecule has 2 N–H and O–H groups in total. The number of esters is 1. The molecule has 0 saturated heterocycles. The minimum atomic E-state index is -0.847. The molecular weight excluding hydrogens is 332 g/mol. The van der Waals surface area contributed by atoms with E-state index in [1.807, 2.05) is 30.3 Å². The van der Waals surface area contributed by atoms with Gasteiger partial charge in [0.1, 0.15) is 6.04 Å². The van der Waals surface area contributed by atoms with Crippen molar-refractivity contribution in [1.82, 2.24) is 10.6 Å². The standard InChI is InChI=1S/C20H22N2O4/c1-15(22-19(24)17-10-6-3-7-11-17)20(25)26-14-18(23)21-13-12-16-8-4-2-5-9-16/h2-11,15H,12-14H2,1H3,(H,21,23)(H,22,24)/t15-/m0/s1. The molecule has 136 valence electrons. The Kier molecular flexibility index (Phi) is 7.36. The van der Waals surface area contributed by atoms with Gasteiger partial charge in [0.25, 0.3) is 11.8 Å². The highest BCUT2D eigenvalue weighted by molar-refractivity contribution is 5.96. The normalized spacial score (nSPS) is 11.3. The van der Waals surface area contributed by atoms with Crippen LogP contribution in [0.4, 0.5) is 0 Å². The molecule has 26 heavy (non-hydrogen) atoms. The SMILES string of the molecule is C[C@H](NC(=O)c1ccccc1)C(=O)OCC(=O)NCCc1ccccc1. The topological polar surface area (TPSA) is 84.5 Å². The molecule has 2 aromatic carbocycles. The molecule has 2 aromatic rings. The molecule has 0 radical (unpaired) electrons. The molecule has 0 aromatic heterocycles.